The summed E-state index contributed by atoms with van der Waals surface area (Å²) < 4.78 is 23.1. The van der Waals surface area contributed by atoms with Crippen molar-refractivity contribution in [3.05, 3.63) is 60.8 Å². The molecule has 0 saturated carbocycles. The van der Waals surface area contributed by atoms with Crippen molar-refractivity contribution in [3.63, 3.8) is 0 Å². The van der Waals surface area contributed by atoms with Gasteiger partial charge in [0.1, 0.15) is 13.2 Å². The van der Waals surface area contributed by atoms with Crippen LogP contribution < -0.4 is 10.2 Å². The first kappa shape index (κ1) is 51.2. The van der Waals surface area contributed by atoms with E-state index in [4.69, 9.17) is 9.05 Å². The third-order valence-electron chi connectivity index (χ3n) is 8.98. The maximum Gasteiger partial charge on any atom is 0.268 e. The molecule has 0 bridgehead atoms. The molecule has 0 spiro atoms. The molecule has 9 heteroatoms. The van der Waals surface area contributed by atoms with Gasteiger partial charge in [-0.05, 0) is 57.8 Å². The summed E-state index contributed by atoms with van der Waals surface area (Å²) >= 11 is 0. The molecule has 0 aromatic carbocycles. The molecule has 0 rings (SSSR count). The zero-order chi connectivity index (χ0) is 39.3. The highest BCUT2D eigenvalue weighted by Gasteiger charge is 2.23. The monoisotopic (exact) mass is 765 g/mol. The van der Waals surface area contributed by atoms with Gasteiger partial charge < -0.3 is 28.8 Å². The molecule has 0 aromatic heterocycles. The highest BCUT2D eigenvalue weighted by molar-refractivity contribution is 7.45. The Morgan fingerprint density at radius 3 is 1.68 bits per heavy atom. The van der Waals surface area contributed by atoms with Gasteiger partial charge in [-0.2, -0.15) is 0 Å². The predicted molar refractivity (Wildman–Crippen MR) is 224 cm³/mol. The molecule has 0 heterocycles. The number of allylic oxidation sites excluding steroid dienone is 9. The number of likely N-dealkylation sites (N-methyl/N-ethyl adjacent to an activating group) is 1. The minimum absolute atomic E-state index is 0.00884. The summed E-state index contributed by atoms with van der Waals surface area (Å²) in [5.74, 6) is -0.224. The maximum atomic E-state index is 12.8. The molecular weight excluding hydrogens is 683 g/mol. The zero-order valence-corrected chi connectivity index (χ0v) is 35.6. The minimum atomic E-state index is -4.59. The lowest BCUT2D eigenvalue weighted by atomic mass is 10.0. The third kappa shape index (κ3) is 38.3. The number of amides is 1. The van der Waals surface area contributed by atoms with Crippen molar-refractivity contribution in [2.75, 3.05) is 40.9 Å². The second-order valence-corrected chi connectivity index (χ2v) is 16.7. The normalized spacial score (nSPS) is 15.1. The summed E-state index contributed by atoms with van der Waals surface area (Å²) in [6, 6.07) is -0.900. The van der Waals surface area contributed by atoms with E-state index in [0.717, 1.165) is 77.0 Å². The zero-order valence-electron chi connectivity index (χ0n) is 34.7. The van der Waals surface area contributed by atoms with Gasteiger partial charge in [0.15, 0.2) is 0 Å². The second kappa shape index (κ2) is 35.9. The summed E-state index contributed by atoms with van der Waals surface area (Å²) in [6.07, 6.45) is 45.4. The van der Waals surface area contributed by atoms with E-state index in [-0.39, 0.29) is 12.5 Å². The van der Waals surface area contributed by atoms with E-state index in [1.165, 1.54) is 64.2 Å². The van der Waals surface area contributed by atoms with E-state index < -0.39 is 26.6 Å². The van der Waals surface area contributed by atoms with Crippen LogP contribution in [0.2, 0.25) is 0 Å². The number of aliphatic hydroxyl groups is 1. The van der Waals surface area contributed by atoms with Gasteiger partial charge in [0.05, 0.1) is 39.9 Å². The first-order valence-electron chi connectivity index (χ1n) is 21.2. The smallest absolute Gasteiger partial charge is 0.268 e. The Hall–Kier alpha value is -1.80. The van der Waals surface area contributed by atoms with Crippen molar-refractivity contribution in [1.82, 2.24) is 5.32 Å². The van der Waals surface area contributed by atoms with Gasteiger partial charge in [0.2, 0.25) is 5.91 Å². The molecule has 53 heavy (non-hydrogen) atoms. The molecule has 2 N–H and O–H groups in total. The number of quaternary nitrogens is 1. The van der Waals surface area contributed by atoms with Gasteiger partial charge in [0.25, 0.3) is 7.82 Å². The number of hydrogen-bond donors (Lipinski definition) is 2. The lowest BCUT2D eigenvalue weighted by molar-refractivity contribution is -0.870. The highest BCUT2D eigenvalue weighted by Crippen LogP contribution is 2.38. The molecule has 0 radical (unpaired) electrons. The van der Waals surface area contributed by atoms with Crippen LogP contribution in [-0.2, 0) is 18.4 Å². The number of nitrogens with one attached hydrogen (secondary N) is 1. The van der Waals surface area contributed by atoms with E-state index in [1.54, 1.807) is 6.08 Å². The van der Waals surface area contributed by atoms with Gasteiger partial charge in [-0.1, -0.05) is 158 Å². The van der Waals surface area contributed by atoms with Crippen LogP contribution in [0.3, 0.4) is 0 Å². The van der Waals surface area contributed by atoms with Crippen molar-refractivity contribution in [3.8, 4) is 0 Å². The molecule has 308 valence electrons. The minimum Gasteiger partial charge on any atom is -0.756 e. The Balaban J connectivity index is 4.53. The molecule has 0 saturated heterocycles. The largest absolute Gasteiger partial charge is 0.756 e. The fourth-order valence-corrected chi connectivity index (χ4v) is 6.33. The lowest BCUT2D eigenvalue weighted by Gasteiger charge is -2.29. The molecule has 0 aromatic rings. The molecule has 1 amide bonds. The Morgan fingerprint density at radius 2 is 1.15 bits per heavy atom. The number of unbranched alkanes of at least 4 members (excludes halogenated alkanes) is 16. The van der Waals surface area contributed by atoms with Crippen molar-refractivity contribution in [2.24, 2.45) is 0 Å². The van der Waals surface area contributed by atoms with Crippen LogP contribution >= 0.6 is 7.82 Å². The quantitative estimate of drug-likeness (QED) is 0.0282. The number of carbonyl (C=O) groups excluding carboxylic acids is 1. The van der Waals surface area contributed by atoms with Gasteiger partial charge in [0, 0.05) is 6.42 Å². The third-order valence-corrected chi connectivity index (χ3v) is 9.95. The summed E-state index contributed by atoms with van der Waals surface area (Å²) in [7, 11) is 1.23. The number of hydrogen-bond acceptors (Lipinski definition) is 6. The van der Waals surface area contributed by atoms with E-state index in [9.17, 15) is 19.4 Å². The van der Waals surface area contributed by atoms with Crippen LogP contribution in [0.1, 0.15) is 162 Å². The van der Waals surface area contributed by atoms with Crippen LogP contribution in [-0.4, -0.2) is 68.5 Å². The molecule has 0 aliphatic rings. The number of nitrogens with zero attached hydrogens (tertiary/aromatic N) is 1. The van der Waals surface area contributed by atoms with Crippen LogP contribution in [0.5, 0.6) is 0 Å². The van der Waals surface area contributed by atoms with Crippen molar-refractivity contribution in [1.29, 1.82) is 0 Å². The summed E-state index contributed by atoms with van der Waals surface area (Å²) in [4.78, 5) is 25.2. The SMILES string of the molecule is CC/C=C\C/C=C\C/C=C\C/C=C\CCCCCCC(=O)NC(COP(=O)([O-])OCC[N+](C)(C)C)C(O)/C=C/CCCCCCCCCCCCCC. The van der Waals surface area contributed by atoms with Crippen molar-refractivity contribution < 1.29 is 32.9 Å². The molecule has 0 aliphatic heterocycles. The van der Waals surface area contributed by atoms with E-state index in [2.05, 4.69) is 67.8 Å². The fourth-order valence-electron chi connectivity index (χ4n) is 5.61. The van der Waals surface area contributed by atoms with Crippen LogP contribution in [0.25, 0.3) is 0 Å². The summed E-state index contributed by atoms with van der Waals surface area (Å²) in [5, 5.41) is 13.7. The first-order chi connectivity index (χ1) is 25.5. The number of aliphatic hydroxyl groups excluding tert-OH is 1. The Bertz CT molecular complexity index is 1050. The lowest BCUT2D eigenvalue weighted by Crippen LogP contribution is -2.45. The average molecular weight is 765 g/mol. The number of phosphoric ester groups is 1. The highest BCUT2D eigenvalue weighted by atomic mass is 31.2. The fraction of sp³-hybridized carbons (Fsp3) is 0.750. The van der Waals surface area contributed by atoms with Crippen molar-refractivity contribution in [2.45, 2.75) is 174 Å². The van der Waals surface area contributed by atoms with Crippen LogP contribution in [0.4, 0.5) is 0 Å². The Labute approximate surface area is 326 Å². The van der Waals surface area contributed by atoms with Gasteiger partial charge in [-0.25, -0.2) is 0 Å². The number of rotatable bonds is 37. The van der Waals surface area contributed by atoms with Gasteiger partial charge >= 0.3 is 0 Å². The van der Waals surface area contributed by atoms with Crippen LogP contribution in [0, 0.1) is 0 Å². The standard InChI is InChI=1S/C44H81N2O6P/c1-6-8-10-12-14-16-18-20-22-23-24-26-28-30-32-34-36-38-44(48)45-42(41-52-53(49,50)51-40-39-46(3,4)5)43(47)37-35-33-31-29-27-25-21-19-17-15-13-11-9-7-2/h8,10,14,16,20,22,24,26,35,37,42-43,47H,6-7,9,11-13,15,17-19,21,23,25,27-34,36,38-41H2,1-5H3,(H-,45,48,49,50)/b10-8-,16-14-,22-20-,26-24-,37-35+. The van der Waals surface area contributed by atoms with E-state index >= 15 is 0 Å². The molecule has 3 atom stereocenters. The topological polar surface area (TPSA) is 108 Å². The van der Waals surface area contributed by atoms with E-state index in [1.807, 2.05) is 27.2 Å². The number of carbonyl (C=O) groups is 1. The maximum absolute atomic E-state index is 12.8. The Morgan fingerprint density at radius 1 is 0.679 bits per heavy atom. The molecule has 8 nitrogen and oxygen atoms in total. The van der Waals surface area contributed by atoms with Gasteiger partial charge in [-0.3, -0.25) is 9.36 Å². The van der Waals surface area contributed by atoms with Crippen molar-refractivity contribution >= 4 is 13.7 Å². The summed E-state index contributed by atoms with van der Waals surface area (Å²) in [5.41, 5.74) is 0. The Kier molecular flexibility index (Phi) is 34.7. The molecular formula is C44H81N2O6P. The summed E-state index contributed by atoms with van der Waals surface area (Å²) in [6.45, 7) is 4.49. The molecule has 3 unspecified atom stereocenters. The molecule has 0 aliphatic carbocycles. The van der Waals surface area contributed by atoms with E-state index in [0.29, 0.717) is 17.4 Å². The van der Waals surface area contributed by atoms with Gasteiger partial charge in [-0.15, -0.1) is 0 Å². The predicted octanol–water partition coefficient (Wildman–Crippen LogP) is 10.8. The number of phosphoric acid groups is 1. The first-order valence-corrected chi connectivity index (χ1v) is 22.6. The van der Waals surface area contributed by atoms with Crippen LogP contribution in [0.15, 0.2) is 60.8 Å². The second-order valence-electron chi connectivity index (χ2n) is 15.3. The molecule has 0 fully saturated rings. The average Bonchev–Trinajstić information content (AvgIpc) is 3.10.